The Hall–Kier alpha value is -3.40. The third-order valence-corrected chi connectivity index (χ3v) is 8.14. The molecule has 1 aromatic carbocycles. The van der Waals surface area contributed by atoms with Gasteiger partial charge in [-0.3, -0.25) is 0 Å². The standard InChI is InChI=1S/C25H29N5O4S/c1-24(2,3)34-23(31)29-14-11-25(4,12-15-29)30-20-18-10-13-26-21(18)27-16-19(20)28-22(30)35(32,33)17-8-6-5-7-9-17/h5-10,13,16H,11-12,14-15H2,1-4H3,(H,26,27). The first-order chi connectivity index (χ1) is 16.5. The number of nitrogens with zero attached hydrogens (tertiary/aromatic N) is 4. The summed E-state index contributed by atoms with van der Waals surface area (Å²) in [7, 11) is -3.92. The first-order valence-electron chi connectivity index (χ1n) is 11.6. The highest BCUT2D eigenvalue weighted by molar-refractivity contribution is 7.91. The summed E-state index contributed by atoms with van der Waals surface area (Å²) in [6, 6.07) is 10.2. The Labute approximate surface area is 204 Å². The molecule has 184 valence electrons. The number of carbonyl (C=O) groups is 1. The van der Waals surface area contributed by atoms with E-state index in [1.54, 1.807) is 47.6 Å². The minimum atomic E-state index is -3.92. The number of hydrogen-bond donors (Lipinski definition) is 1. The van der Waals surface area contributed by atoms with Gasteiger partial charge in [0.15, 0.2) is 0 Å². The van der Waals surface area contributed by atoms with Gasteiger partial charge < -0.3 is 19.2 Å². The lowest BCUT2D eigenvalue weighted by molar-refractivity contribution is 0.0127. The van der Waals surface area contributed by atoms with Crippen LogP contribution in [0.1, 0.15) is 40.5 Å². The lowest BCUT2D eigenvalue weighted by atomic mass is 9.89. The number of aromatic amines is 1. The van der Waals surface area contributed by atoms with Crippen LogP contribution >= 0.6 is 0 Å². The van der Waals surface area contributed by atoms with Crippen LogP contribution < -0.4 is 0 Å². The first kappa shape index (κ1) is 23.3. The molecule has 0 saturated carbocycles. The molecule has 3 aromatic heterocycles. The van der Waals surface area contributed by atoms with E-state index in [2.05, 4.69) is 15.0 Å². The van der Waals surface area contributed by atoms with Crippen LogP contribution in [-0.2, 0) is 20.1 Å². The van der Waals surface area contributed by atoms with E-state index in [1.165, 1.54) is 0 Å². The van der Waals surface area contributed by atoms with Crippen molar-refractivity contribution in [2.45, 2.75) is 61.7 Å². The highest BCUT2D eigenvalue weighted by Crippen LogP contribution is 2.39. The molecule has 0 radical (unpaired) electrons. The van der Waals surface area contributed by atoms with E-state index in [9.17, 15) is 13.2 Å². The molecule has 0 unspecified atom stereocenters. The van der Waals surface area contributed by atoms with Crippen LogP contribution in [0.5, 0.6) is 0 Å². The number of nitrogens with one attached hydrogen (secondary N) is 1. The summed E-state index contributed by atoms with van der Waals surface area (Å²) in [6.45, 7) is 8.44. The average molecular weight is 496 g/mol. The summed E-state index contributed by atoms with van der Waals surface area (Å²) in [5.74, 6) is 0. The first-order valence-corrected chi connectivity index (χ1v) is 13.1. The Morgan fingerprint density at radius 3 is 2.46 bits per heavy atom. The van der Waals surface area contributed by atoms with Crippen molar-refractivity contribution in [2.75, 3.05) is 13.1 Å². The van der Waals surface area contributed by atoms with E-state index >= 15 is 0 Å². The fourth-order valence-corrected chi connectivity index (χ4v) is 6.15. The van der Waals surface area contributed by atoms with E-state index in [-0.39, 0.29) is 16.1 Å². The van der Waals surface area contributed by atoms with Gasteiger partial charge in [0.2, 0.25) is 15.0 Å². The van der Waals surface area contributed by atoms with Crippen LogP contribution in [0.2, 0.25) is 0 Å². The third kappa shape index (κ3) is 4.05. The van der Waals surface area contributed by atoms with Gasteiger partial charge in [0.1, 0.15) is 16.8 Å². The minimum Gasteiger partial charge on any atom is -0.444 e. The summed E-state index contributed by atoms with van der Waals surface area (Å²) in [5, 5.41) is 0.794. The predicted octanol–water partition coefficient (Wildman–Crippen LogP) is 4.49. The zero-order valence-electron chi connectivity index (χ0n) is 20.3. The molecule has 10 heteroatoms. The molecule has 0 aliphatic carbocycles. The van der Waals surface area contributed by atoms with Gasteiger partial charge in [-0.05, 0) is 58.7 Å². The SMILES string of the molecule is CC(C)(C)OC(=O)N1CCC(C)(n2c(S(=O)(=O)c3ccccc3)nc3cnc4[nH]ccc4c32)CC1. The molecule has 5 rings (SSSR count). The van der Waals surface area contributed by atoms with E-state index in [4.69, 9.17) is 4.74 Å². The molecular formula is C25H29N5O4S. The monoisotopic (exact) mass is 495 g/mol. The molecule has 1 fully saturated rings. The summed E-state index contributed by atoms with van der Waals surface area (Å²) in [6.07, 6.45) is 4.12. The van der Waals surface area contributed by atoms with Crippen molar-refractivity contribution in [1.82, 2.24) is 24.4 Å². The predicted molar refractivity (Wildman–Crippen MR) is 132 cm³/mol. The lowest BCUT2D eigenvalue weighted by Gasteiger charge is -2.41. The molecule has 0 bridgehead atoms. The minimum absolute atomic E-state index is 0.0116. The van der Waals surface area contributed by atoms with Gasteiger partial charge in [0.25, 0.3) is 0 Å². The Morgan fingerprint density at radius 1 is 1.11 bits per heavy atom. The smallest absolute Gasteiger partial charge is 0.410 e. The Morgan fingerprint density at radius 2 is 1.80 bits per heavy atom. The fourth-order valence-electron chi connectivity index (χ4n) is 4.66. The second-order valence-corrected chi connectivity index (χ2v) is 12.1. The summed E-state index contributed by atoms with van der Waals surface area (Å²) in [4.78, 5) is 26.7. The number of benzene rings is 1. The fraction of sp³-hybridized carbons (Fsp3) is 0.400. The van der Waals surface area contributed by atoms with Crippen molar-refractivity contribution in [3.05, 3.63) is 48.8 Å². The summed E-state index contributed by atoms with van der Waals surface area (Å²) < 4.78 is 35.0. The van der Waals surface area contributed by atoms with Crippen molar-refractivity contribution < 1.29 is 17.9 Å². The zero-order valence-corrected chi connectivity index (χ0v) is 21.1. The molecule has 0 atom stereocenters. The summed E-state index contributed by atoms with van der Waals surface area (Å²) in [5.41, 5.74) is 0.719. The Bertz CT molecular complexity index is 1510. The second-order valence-electron chi connectivity index (χ2n) is 10.2. The van der Waals surface area contributed by atoms with Crippen LogP contribution in [-0.4, -0.2) is 57.6 Å². The van der Waals surface area contributed by atoms with Gasteiger partial charge >= 0.3 is 6.09 Å². The summed E-state index contributed by atoms with van der Waals surface area (Å²) >= 11 is 0. The Balaban J connectivity index is 1.63. The average Bonchev–Trinajstić information content (AvgIpc) is 3.44. The Kier molecular flexibility index (Phi) is 5.39. The largest absolute Gasteiger partial charge is 0.444 e. The maximum atomic E-state index is 13.8. The number of rotatable bonds is 3. The zero-order chi connectivity index (χ0) is 25.0. The second kappa shape index (κ2) is 8.08. The van der Waals surface area contributed by atoms with Crippen LogP contribution in [0.3, 0.4) is 0 Å². The van der Waals surface area contributed by atoms with E-state index < -0.39 is 21.0 Å². The highest BCUT2D eigenvalue weighted by Gasteiger charge is 2.40. The maximum Gasteiger partial charge on any atom is 0.410 e. The van der Waals surface area contributed by atoms with Crippen molar-refractivity contribution in [3.8, 4) is 0 Å². The number of ether oxygens (including phenoxy) is 1. The van der Waals surface area contributed by atoms with Crippen molar-refractivity contribution in [1.29, 1.82) is 0 Å². The molecule has 1 N–H and O–H groups in total. The maximum absolute atomic E-state index is 13.8. The molecule has 4 aromatic rings. The lowest BCUT2D eigenvalue weighted by Crippen LogP contribution is -2.48. The van der Waals surface area contributed by atoms with Gasteiger partial charge in [-0.25, -0.2) is 23.2 Å². The number of carbonyl (C=O) groups excluding carboxylic acids is 1. The van der Waals surface area contributed by atoms with Crippen LogP contribution in [0.4, 0.5) is 4.79 Å². The number of pyridine rings is 1. The molecule has 35 heavy (non-hydrogen) atoms. The molecule has 0 spiro atoms. The normalized spacial score (nSPS) is 16.6. The number of imidazole rings is 1. The molecule has 9 nitrogen and oxygen atoms in total. The highest BCUT2D eigenvalue weighted by atomic mass is 32.2. The number of aromatic nitrogens is 4. The van der Waals surface area contributed by atoms with Crippen molar-refractivity contribution in [2.24, 2.45) is 0 Å². The topological polar surface area (TPSA) is 110 Å². The van der Waals surface area contributed by atoms with Gasteiger partial charge in [-0.15, -0.1) is 0 Å². The van der Waals surface area contributed by atoms with Crippen LogP contribution in [0.25, 0.3) is 22.1 Å². The number of sulfone groups is 1. The van der Waals surface area contributed by atoms with Crippen LogP contribution in [0, 0.1) is 0 Å². The molecule has 1 amide bonds. The van der Waals surface area contributed by atoms with E-state index in [0.717, 1.165) is 10.9 Å². The number of amides is 1. The molecule has 1 aliphatic heterocycles. The third-order valence-electron chi connectivity index (χ3n) is 6.50. The van der Waals surface area contributed by atoms with E-state index in [0.29, 0.717) is 37.1 Å². The quantitative estimate of drug-likeness (QED) is 0.448. The molecule has 1 saturated heterocycles. The van der Waals surface area contributed by atoms with Gasteiger partial charge in [-0.1, -0.05) is 18.2 Å². The number of H-pyrrole nitrogens is 1. The van der Waals surface area contributed by atoms with Crippen molar-refractivity contribution >= 4 is 38.0 Å². The molecular weight excluding hydrogens is 466 g/mol. The number of likely N-dealkylation sites (tertiary alicyclic amines) is 1. The van der Waals surface area contributed by atoms with Gasteiger partial charge in [0, 0.05) is 30.2 Å². The van der Waals surface area contributed by atoms with Crippen LogP contribution in [0.15, 0.2) is 58.8 Å². The van der Waals surface area contributed by atoms with Crippen molar-refractivity contribution in [3.63, 3.8) is 0 Å². The number of fused-ring (bicyclic) bond motifs is 3. The molecule has 1 aliphatic rings. The number of hydrogen-bond acceptors (Lipinski definition) is 6. The van der Waals surface area contributed by atoms with Gasteiger partial charge in [0.05, 0.1) is 16.6 Å². The number of piperidine rings is 1. The van der Waals surface area contributed by atoms with Gasteiger partial charge in [-0.2, -0.15) is 0 Å². The molecule has 4 heterocycles. The van der Waals surface area contributed by atoms with E-state index in [1.807, 2.05) is 38.3 Å².